The van der Waals surface area contributed by atoms with E-state index in [1.54, 1.807) is 0 Å². The molecule has 0 saturated carbocycles. The van der Waals surface area contributed by atoms with Crippen LogP contribution in [0.3, 0.4) is 0 Å². The molecule has 2 N–H and O–H groups in total. The van der Waals surface area contributed by atoms with Gasteiger partial charge >= 0.3 is 0 Å². The molecular weight excluding hydrogens is 222 g/mol. The van der Waals surface area contributed by atoms with Crippen LogP contribution in [0, 0.1) is 0 Å². The zero-order chi connectivity index (χ0) is 12.4. The van der Waals surface area contributed by atoms with Gasteiger partial charge in [0.05, 0.1) is 6.61 Å². The van der Waals surface area contributed by atoms with Crippen LogP contribution in [0.1, 0.15) is 22.6 Å². The van der Waals surface area contributed by atoms with Gasteiger partial charge in [-0.25, -0.2) is 0 Å². The zero-order valence-corrected chi connectivity index (χ0v) is 10.3. The lowest BCUT2D eigenvalue weighted by Gasteiger charge is -2.26. The van der Waals surface area contributed by atoms with Crippen molar-refractivity contribution in [3.05, 3.63) is 65.2 Å². The summed E-state index contributed by atoms with van der Waals surface area (Å²) in [6.07, 6.45) is 1.08. The largest absolute Gasteiger partial charge is 0.392 e. The van der Waals surface area contributed by atoms with Gasteiger partial charge in [-0.15, -0.1) is 0 Å². The molecule has 2 aromatic carbocycles. The molecule has 3 rings (SSSR count). The van der Waals surface area contributed by atoms with Crippen LogP contribution in [0.2, 0.25) is 0 Å². The van der Waals surface area contributed by atoms with E-state index in [2.05, 4.69) is 41.7 Å². The molecule has 0 fully saturated rings. The monoisotopic (exact) mass is 239 g/mol. The molecule has 0 aliphatic carbocycles. The fourth-order valence-corrected chi connectivity index (χ4v) is 2.57. The number of rotatable bonds is 2. The Hall–Kier alpha value is -1.80. The molecule has 0 radical (unpaired) electrons. The fraction of sp³-hybridized carbons (Fsp3) is 0.250. The van der Waals surface area contributed by atoms with Gasteiger partial charge in [0.25, 0.3) is 0 Å². The predicted octanol–water partition coefficient (Wildman–Crippen LogP) is 2.93. The Bertz CT molecular complexity index is 533. The molecule has 2 heteroatoms. The first kappa shape index (κ1) is 11.3. The molecule has 1 aliphatic heterocycles. The number of fused-ring (bicyclic) bond motifs is 1. The van der Waals surface area contributed by atoms with Gasteiger partial charge in [0.1, 0.15) is 0 Å². The number of hydrogen-bond acceptors (Lipinski definition) is 2. The molecule has 1 heterocycles. The first-order valence-corrected chi connectivity index (χ1v) is 6.38. The van der Waals surface area contributed by atoms with Gasteiger partial charge in [-0.05, 0) is 29.2 Å². The SMILES string of the molecule is OCc1ccc(C2CNc3ccccc3C2)cc1. The maximum atomic E-state index is 9.06. The van der Waals surface area contributed by atoms with Crippen molar-refractivity contribution in [1.82, 2.24) is 0 Å². The highest BCUT2D eigenvalue weighted by molar-refractivity contribution is 5.54. The molecule has 1 unspecified atom stereocenters. The molecule has 0 amide bonds. The second-order valence-electron chi connectivity index (χ2n) is 4.84. The van der Waals surface area contributed by atoms with E-state index < -0.39 is 0 Å². The maximum Gasteiger partial charge on any atom is 0.0681 e. The summed E-state index contributed by atoms with van der Waals surface area (Å²) in [5, 5.41) is 12.5. The number of nitrogens with one attached hydrogen (secondary N) is 1. The van der Waals surface area contributed by atoms with Crippen LogP contribution in [0.5, 0.6) is 0 Å². The Balaban J connectivity index is 1.82. The minimum Gasteiger partial charge on any atom is -0.392 e. The summed E-state index contributed by atoms with van der Waals surface area (Å²) in [6.45, 7) is 1.10. The number of aliphatic hydroxyl groups is 1. The van der Waals surface area contributed by atoms with Crippen LogP contribution in [-0.2, 0) is 13.0 Å². The quantitative estimate of drug-likeness (QED) is 0.844. The summed E-state index contributed by atoms with van der Waals surface area (Å²) in [5.74, 6) is 0.521. The van der Waals surface area contributed by atoms with Crippen molar-refractivity contribution in [1.29, 1.82) is 0 Å². The van der Waals surface area contributed by atoms with Gasteiger partial charge < -0.3 is 10.4 Å². The van der Waals surface area contributed by atoms with Gasteiger partial charge in [0, 0.05) is 18.2 Å². The molecule has 0 saturated heterocycles. The number of anilines is 1. The minimum absolute atomic E-state index is 0.117. The van der Waals surface area contributed by atoms with Crippen molar-refractivity contribution in [3.8, 4) is 0 Å². The summed E-state index contributed by atoms with van der Waals surface area (Å²) < 4.78 is 0. The van der Waals surface area contributed by atoms with Crippen molar-refractivity contribution in [2.45, 2.75) is 18.9 Å². The van der Waals surface area contributed by atoms with Crippen molar-refractivity contribution in [2.75, 3.05) is 11.9 Å². The average Bonchev–Trinajstić information content (AvgIpc) is 2.47. The van der Waals surface area contributed by atoms with E-state index in [0.29, 0.717) is 5.92 Å². The Morgan fingerprint density at radius 1 is 1.06 bits per heavy atom. The summed E-state index contributed by atoms with van der Waals surface area (Å²) in [4.78, 5) is 0. The molecule has 2 nitrogen and oxygen atoms in total. The summed E-state index contributed by atoms with van der Waals surface area (Å²) in [7, 11) is 0. The second kappa shape index (κ2) is 4.83. The summed E-state index contributed by atoms with van der Waals surface area (Å²) in [5.41, 5.74) is 4.97. The van der Waals surface area contributed by atoms with E-state index in [1.165, 1.54) is 16.8 Å². The molecule has 1 aliphatic rings. The Morgan fingerprint density at radius 2 is 1.83 bits per heavy atom. The molecule has 0 aromatic heterocycles. The van der Waals surface area contributed by atoms with Crippen LogP contribution in [0.15, 0.2) is 48.5 Å². The van der Waals surface area contributed by atoms with Crippen molar-refractivity contribution in [3.63, 3.8) is 0 Å². The van der Waals surface area contributed by atoms with E-state index >= 15 is 0 Å². The number of aliphatic hydroxyl groups excluding tert-OH is 1. The third kappa shape index (κ3) is 2.12. The lowest BCUT2D eigenvalue weighted by molar-refractivity contribution is 0.282. The first-order valence-electron chi connectivity index (χ1n) is 6.38. The van der Waals surface area contributed by atoms with E-state index in [9.17, 15) is 0 Å². The van der Waals surface area contributed by atoms with Crippen LogP contribution >= 0.6 is 0 Å². The highest BCUT2D eigenvalue weighted by Gasteiger charge is 2.18. The number of benzene rings is 2. The molecule has 92 valence electrons. The third-order valence-electron chi connectivity index (χ3n) is 3.66. The number of hydrogen-bond donors (Lipinski definition) is 2. The van der Waals surface area contributed by atoms with Gasteiger partial charge in [-0.1, -0.05) is 42.5 Å². The molecule has 1 atom stereocenters. The van der Waals surface area contributed by atoms with Crippen LogP contribution < -0.4 is 5.32 Å². The van der Waals surface area contributed by atoms with E-state index in [0.717, 1.165) is 18.5 Å². The fourth-order valence-electron chi connectivity index (χ4n) is 2.57. The standard InChI is InChI=1S/C16H17NO/c18-11-12-5-7-13(8-6-12)15-9-14-3-1-2-4-16(14)17-10-15/h1-8,15,17-18H,9-11H2. The topological polar surface area (TPSA) is 32.3 Å². The predicted molar refractivity (Wildman–Crippen MR) is 73.7 cm³/mol. The second-order valence-corrected chi connectivity index (χ2v) is 4.84. The molecule has 0 bridgehead atoms. The van der Waals surface area contributed by atoms with E-state index in [1.807, 2.05) is 12.1 Å². The lowest BCUT2D eigenvalue weighted by Crippen LogP contribution is -2.21. The molecule has 2 aromatic rings. The smallest absolute Gasteiger partial charge is 0.0681 e. The normalized spacial score (nSPS) is 17.9. The average molecular weight is 239 g/mol. The van der Waals surface area contributed by atoms with Gasteiger partial charge in [0.2, 0.25) is 0 Å². The number of para-hydroxylation sites is 1. The Kier molecular flexibility index (Phi) is 3.03. The maximum absolute atomic E-state index is 9.06. The lowest BCUT2D eigenvalue weighted by atomic mass is 9.88. The van der Waals surface area contributed by atoms with Crippen LogP contribution in [0.25, 0.3) is 0 Å². The van der Waals surface area contributed by atoms with Crippen molar-refractivity contribution < 1.29 is 5.11 Å². The molecular formula is C16H17NO. The summed E-state index contributed by atoms with van der Waals surface area (Å²) in [6, 6.07) is 16.8. The zero-order valence-electron chi connectivity index (χ0n) is 10.3. The van der Waals surface area contributed by atoms with Gasteiger partial charge in [-0.3, -0.25) is 0 Å². The third-order valence-corrected chi connectivity index (χ3v) is 3.66. The Morgan fingerprint density at radius 3 is 2.61 bits per heavy atom. The van der Waals surface area contributed by atoms with Crippen molar-refractivity contribution >= 4 is 5.69 Å². The minimum atomic E-state index is 0.117. The molecule has 0 spiro atoms. The van der Waals surface area contributed by atoms with Crippen molar-refractivity contribution in [2.24, 2.45) is 0 Å². The summed E-state index contributed by atoms with van der Waals surface area (Å²) >= 11 is 0. The van der Waals surface area contributed by atoms with E-state index in [4.69, 9.17) is 5.11 Å². The highest BCUT2D eigenvalue weighted by atomic mass is 16.3. The van der Waals surface area contributed by atoms with E-state index in [-0.39, 0.29) is 6.61 Å². The first-order chi connectivity index (χ1) is 8.86. The van der Waals surface area contributed by atoms with Crippen LogP contribution in [-0.4, -0.2) is 11.7 Å². The highest BCUT2D eigenvalue weighted by Crippen LogP contribution is 2.30. The van der Waals surface area contributed by atoms with Gasteiger partial charge in [0.15, 0.2) is 0 Å². The van der Waals surface area contributed by atoms with Gasteiger partial charge in [-0.2, -0.15) is 0 Å². The molecule has 18 heavy (non-hydrogen) atoms. The van der Waals surface area contributed by atoms with Crippen LogP contribution in [0.4, 0.5) is 5.69 Å². The Labute approximate surface area is 107 Å².